The first-order valence-corrected chi connectivity index (χ1v) is 8.67. The fourth-order valence-corrected chi connectivity index (χ4v) is 6.21. The van der Waals surface area contributed by atoms with Gasteiger partial charge in [-0.15, -0.1) is 23.2 Å². The van der Waals surface area contributed by atoms with Crippen molar-refractivity contribution < 1.29 is 14.4 Å². The summed E-state index contributed by atoms with van der Waals surface area (Å²) in [6.45, 7) is 2.02. The van der Waals surface area contributed by atoms with Gasteiger partial charge in [-0.2, -0.15) is 5.06 Å². The van der Waals surface area contributed by atoms with Crippen molar-refractivity contribution in [2.75, 3.05) is 6.61 Å². The lowest BCUT2D eigenvalue weighted by atomic mass is 9.84. The van der Waals surface area contributed by atoms with Crippen molar-refractivity contribution in [1.82, 2.24) is 5.06 Å². The van der Waals surface area contributed by atoms with Crippen molar-refractivity contribution in [1.29, 1.82) is 0 Å². The van der Waals surface area contributed by atoms with E-state index in [4.69, 9.17) is 74.4 Å². The van der Waals surface area contributed by atoms with Crippen LogP contribution in [0.5, 0.6) is 0 Å². The van der Waals surface area contributed by atoms with Gasteiger partial charge in [0.25, 0.3) is 11.8 Å². The Morgan fingerprint density at radius 2 is 1.41 bits per heavy atom. The van der Waals surface area contributed by atoms with Crippen LogP contribution in [0.15, 0.2) is 10.1 Å². The van der Waals surface area contributed by atoms with Crippen LogP contribution in [0.2, 0.25) is 0 Å². The van der Waals surface area contributed by atoms with E-state index in [9.17, 15) is 9.59 Å². The van der Waals surface area contributed by atoms with Crippen LogP contribution in [0.3, 0.4) is 0 Å². The maximum atomic E-state index is 12.6. The Morgan fingerprint density at radius 3 is 1.77 bits per heavy atom. The minimum atomic E-state index is -1.91. The molecule has 0 unspecified atom stereocenters. The van der Waals surface area contributed by atoms with E-state index in [-0.39, 0.29) is 16.7 Å². The minimum absolute atomic E-state index is 0.115. The Kier molecular flexibility index (Phi) is 3.99. The number of carbonyl (C=O) groups is 2. The third-order valence-electron chi connectivity index (χ3n) is 4.29. The molecule has 3 aliphatic rings. The molecule has 0 aromatic heterocycles. The zero-order chi connectivity index (χ0) is 16.7. The number of hydrogen-bond donors (Lipinski definition) is 0. The molecule has 1 aliphatic heterocycles. The lowest BCUT2D eigenvalue weighted by Gasteiger charge is -2.34. The average molecular weight is 428 g/mol. The van der Waals surface area contributed by atoms with Crippen LogP contribution in [0, 0.1) is 11.8 Å². The van der Waals surface area contributed by atoms with Gasteiger partial charge in [0.15, 0.2) is 4.33 Å². The molecular formula is C12H9Cl6NO3. The van der Waals surface area contributed by atoms with E-state index < -0.39 is 37.7 Å². The van der Waals surface area contributed by atoms with E-state index in [1.165, 1.54) is 0 Å². The summed E-state index contributed by atoms with van der Waals surface area (Å²) in [5, 5.41) is 0.432. The highest BCUT2D eigenvalue weighted by molar-refractivity contribution is 6.66. The summed E-state index contributed by atoms with van der Waals surface area (Å²) in [5.74, 6) is -3.62. The van der Waals surface area contributed by atoms with Gasteiger partial charge < -0.3 is 0 Å². The molecule has 122 valence electrons. The molecule has 0 N–H and O–H groups in total. The molecule has 3 rings (SSSR count). The topological polar surface area (TPSA) is 46.6 Å². The van der Waals surface area contributed by atoms with Crippen molar-refractivity contribution in [3.63, 3.8) is 0 Å². The average Bonchev–Trinajstić information content (AvgIpc) is 2.83. The number of hydroxylamine groups is 2. The minimum Gasteiger partial charge on any atom is -0.272 e. The normalized spacial score (nSPS) is 42.6. The first-order valence-electron chi connectivity index (χ1n) is 6.41. The summed E-state index contributed by atoms with van der Waals surface area (Å²) in [7, 11) is 0. The lowest BCUT2D eigenvalue weighted by molar-refractivity contribution is -0.190. The zero-order valence-electron chi connectivity index (χ0n) is 11.0. The molecule has 4 atom stereocenters. The second-order valence-electron chi connectivity index (χ2n) is 5.39. The summed E-state index contributed by atoms with van der Waals surface area (Å²) in [6, 6.07) is 0. The van der Waals surface area contributed by atoms with Gasteiger partial charge in [-0.1, -0.05) is 53.3 Å². The molecule has 2 aliphatic carbocycles. The molecule has 4 nitrogen and oxygen atoms in total. The predicted octanol–water partition coefficient (Wildman–Crippen LogP) is 3.77. The van der Waals surface area contributed by atoms with Crippen LogP contribution in [-0.2, 0) is 14.4 Å². The van der Waals surface area contributed by atoms with Crippen LogP contribution < -0.4 is 0 Å². The third-order valence-corrected chi connectivity index (χ3v) is 8.55. The number of imide groups is 1. The van der Waals surface area contributed by atoms with Crippen LogP contribution in [0.1, 0.15) is 13.3 Å². The Morgan fingerprint density at radius 1 is 1.00 bits per heavy atom. The van der Waals surface area contributed by atoms with Crippen LogP contribution in [-0.4, -0.2) is 37.6 Å². The molecule has 0 aromatic carbocycles. The Bertz CT molecular complexity index is 576. The van der Waals surface area contributed by atoms with Crippen LogP contribution in [0.25, 0.3) is 0 Å². The number of fused-ring (bicyclic) bond motifs is 5. The van der Waals surface area contributed by atoms with E-state index in [0.717, 1.165) is 0 Å². The van der Waals surface area contributed by atoms with Crippen LogP contribution in [0.4, 0.5) is 0 Å². The predicted molar refractivity (Wildman–Crippen MR) is 85.4 cm³/mol. The molecule has 0 aromatic rings. The molecule has 0 spiro atoms. The molecule has 1 saturated heterocycles. The number of amides is 2. The fourth-order valence-electron chi connectivity index (χ4n) is 3.28. The van der Waals surface area contributed by atoms with Gasteiger partial charge >= 0.3 is 0 Å². The standard InChI is InChI=1S/C12H9Cl6NO3/c1-2-3-22-19-8(20)4-5(9(19)21)11(16)7(14)6(13)10(4,15)12(11,17)18/h4-5H,2-3H2,1H3/t4-,5+,10-,11-/m0/s1. The SMILES string of the molecule is CCCON1C(=O)[C@@H]2[C@H](C1=O)[C@]1(Cl)C(Cl)=C(Cl)[C@]2(Cl)C1(Cl)Cl. The Balaban J connectivity index is 2.15. The summed E-state index contributed by atoms with van der Waals surface area (Å²) in [5.41, 5.74) is 0. The molecular weight excluding hydrogens is 419 g/mol. The highest BCUT2D eigenvalue weighted by Crippen LogP contribution is 2.77. The van der Waals surface area contributed by atoms with Crippen molar-refractivity contribution in [2.24, 2.45) is 11.8 Å². The number of rotatable bonds is 3. The smallest absolute Gasteiger partial charge is 0.259 e. The highest BCUT2D eigenvalue weighted by atomic mass is 35.5. The van der Waals surface area contributed by atoms with Gasteiger partial charge in [-0.3, -0.25) is 14.4 Å². The van der Waals surface area contributed by atoms with Crippen LogP contribution >= 0.6 is 69.6 Å². The summed E-state index contributed by atoms with van der Waals surface area (Å²) in [6.07, 6.45) is 0.610. The zero-order valence-corrected chi connectivity index (χ0v) is 15.5. The van der Waals surface area contributed by atoms with E-state index >= 15 is 0 Å². The van der Waals surface area contributed by atoms with Crippen molar-refractivity contribution >= 4 is 81.4 Å². The van der Waals surface area contributed by atoms with Gasteiger partial charge in [-0.25, -0.2) is 0 Å². The van der Waals surface area contributed by atoms with Crippen molar-refractivity contribution in [2.45, 2.75) is 27.4 Å². The van der Waals surface area contributed by atoms with Gasteiger partial charge in [0.05, 0.1) is 28.5 Å². The first-order chi connectivity index (χ1) is 10.1. The van der Waals surface area contributed by atoms with Crippen molar-refractivity contribution in [3.8, 4) is 0 Å². The summed E-state index contributed by atoms with van der Waals surface area (Å²) >= 11 is 37.9. The second-order valence-corrected chi connectivity index (χ2v) is 8.66. The lowest BCUT2D eigenvalue weighted by Crippen LogP contribution is -2.50. The molecule has 2 fully saturated rings. The molecule has 10 heteroatoms. The maximum Gasteiger partial charge on any atom is 0.259 e. The maximum absolute atomic E-state index is 12.6. The summed E-state index contributed by atoms with van der Waals surface area (Å²) < 4.78 is -1.91. The highest BCUT2D eigenvalue weighted by Gasteiger charge is 2.87. The molecule has 1 heterocycles. The third kappa shape index (κ3) is 1.58. The quantitative estimate of drug-likeness (QED) is 0.508. The molecule has 2 amide bonds. The number of carbonyl (C=O) groups excluding carboxylic acids is 2. The fraction of sp³-hybridized carbons (Fsp3) is 0.667. The molecule has 1 saturated carbocycles. The molecule has 22 heavy (non-hydrogen) atoms. The number of nitrogens with zero attached hydrogens (tertiary/aromatic N) is 1. The summed E-state index contributed by atoms with van der Waals surface area (Å²) in [4.78, 5) is 26.8. The Labute approximate surface area is 156 Å². The van der Waals surface area contributed by atoms with Crippen molar-refractivity contribution in [3.05, 3.63) is 10.1 Å². The number of hydrogen-bond acceptors (Lipinski definition) is 3. The van der Waals surface area contributed by atoms with E-state index in [1.54, 1.807) is 0 Å². The van der Waals surface area contributed by atoms with Gasteiger partial charge in [0.1, 0.15) is 9.75 Å². The van der Waals surface area contributed by atoms with E-state index in [1.807, 2.05) is 6.92 Å². The molecule has 2 bridgehead atoms. The second kappa shape index (κ2) is 5.04. The monoisotopic (exact) mass is 425 g/mol. The number of halogens is 6. The largest absolute Gasteiger partial charge is 0.272 e. The Hall–Kier alpha value is 0.580. The number of allylic oxidation sites excluding steroid dienone is 2. The van der Waals surface area contributed by atoms with Gasteiger partial charge in [-0.05, 0) is 6.42 Å². The van der Waals surface area contributed by atoms with Gasteiger partial charge in [0, 0.05) is 0 Å². The first kappa shape index (κ1) is 17.4. The number of alkyl halides is 4. The van der Waals surface area contributed by atoms with E-state index in [0.29, 0.717) is 11.5 Å². The van der Waals surface area contributed by atoms with Gasteiger partial charge in [0.2, 0.25) is 0 Å². The van der Waals surface area contributed by atoms with E-state index in [2.05, 4.69) is 0 Å². The molecule has 0 radical (unpaired) electrons.